The van der Waals surface area contributed by atoms with Gasteiger partial charge in [-0.05, 0) is 62.7 Å². The highest BCUT2D eigenvalue weighted by Crippen LogP contribution is 2.24. The molecule has 0 aliphatic rings. The van der Waals surface area contributed by atoms with Crippen LogP contribution in [-0.2, 0) is 0 Å². The maximum absolute atomic E-state index is 12.6. The molecule has 0 bridgehead atoms. The number of nitrogens with zero attached hydrogens (tertiary/aromatic N) is 1. The summed E-state index contributed by atoms with van der Waals surface area (Å²) in [7, 11) is 2.04. The van der Waals surface area contributed by atoms with Crippen LogP contribution in [0.5, 0.6) is 0 Å². The van der Waals surface area contributed by atoms with Gasteiger partial charge in [0.25, 0.3) is 11.8 Å². The van der Waals surface area contributed by atoms with E-state index in [4.69, 9.17) is 11.6 Å². The highest BCUT2D eigenvalue weighted by molar-refractivity contribution is 6.34. The lowest BCUT2D eigenvalue weighted by atomic mass is 10.1. The summed E-state index contributed by atoms with van der Waals surface area (Å²) in [5, 5.41) is 6.00. The second-order valence-corrected chi connectivity index (χ2v) is 7.51. The Kier molecular flexibility index (Phi) is 7.88. The summed E-state index contributed by atoms with van der Waals surface area (Å²) >= 11 is 6.20. The van der Waals surface area contributed by atoms with Gasteiger partial charge in [-0.1, -0.05) is 24.9 Å². The summed E-state index contributed by atoms with van der Waals surface area (Å²) in [4.78, 5) is 26.9. The Balaban J connectivity index is 2.11. The van der Waals surface area contributed by atoms with E-state index in [1.807, 2.05) is 33.0 Å². The van der Waals surface area contributed by atoms with E-state index in [1.165, 1.54) is 0 Å². The maximum Gasteiger partial charge on any atom is 0.255 e. The topological polar surface area (TPSA) is 61.4 Å². The molecule has 0 saturated heterocycles. The molecule has 0 unspecified atom stereocenters. The van der Waals surface area contributed by atoms with Crippen molar-refractivity contribution in [3.8, 4) is 0 Å². The molecule has 0 aliphatic carbocycles. The van der Waals surface area contributed by atoms with Crippen molar-refractivity contribution < 1.29 is 9.59 Å². The van der Waals surface area contributed by atoms with Gasteiger partial charge in [-0.2, -0.15) is 0 Å². The molecule has 0 atom stereocenters. The van der Waals surface area contributed by atoms with Gasteiger partial charge in [0.15, 0.2) is 0 Å². The molecule has 0 radical (unpaired) electrons. The molecule has 0 aromatic heterocycles. The highest BCUT2D eigenvalue weighted by atomic mass is 35.5. The number of carbonyl (C=O) groups is 2. The van der Waals surface area contributed by atoms with E-state index in [9.17, 15) is 9.59 Å². The van der Waals surface area contributed by atoms with E-state index in [0.29, 0.717) is 21.8 Å². The van der Waals surface area contributed by atoms with Crippen molar-refractivity contribution >= 4 is 34.8 Å². The van der Waals surface area contributed by atoms with Gasteiger partial charge in [0.05, 0.1) is 10.7 Å². The second-order valence-electron chi connectivity index (χ2n) is 7.10. The lowest BCUT2D eigenvalue weighted by Crippen LogP contribution is -2.30. The third kappa shape index (κ3) is 5.99. The number of unbranched alkanes of at least 4 members (excludes halogenated alkanes) is 1. The molecule has 0 aliphatic heterocycles. The van der Waals surface area contributed by atoms with Crippen LogP contribution < -0.4 is 15.5 Å². The molecule has 150 valence electrons. The van der Waals surface area contributed by atoms with Crippen LogP contribution in [0.3, 0.4) is 0 Å². The van der Waals surface area contributed by atoms with Crippen molar-refractivity contribution in [2.45, 2.75) is 39.7 Å². The van der Waals surface area contributed by atoms with Crippen molar-refractivity contribution in [2.24, 2.45) is 0 Å². The van der Waals surface area contributed by atoms with Crippen LogP contribution in [0.25, 0.3) is 0 Å². The number of rotatable bonds is 8. The summed E-state index contributed by atoms with van der Waals surface area (Å²) in [6.45, 7) is 6.91. The summed E-state index contributed by atoms with van der Waals surface area (Å²) < 4.78 is 0. The lowest BCUT2D eigenvalue weighted by molar-refractivity contribution is 0.0942. The number of carbonyl (C=O) groups excluding carboxylic acids is 2. The van der Waals surface area contributed by atoms with Crippen LogP contribution in [0.15, 0.2) is 42.5 Å². The van der Waals surface area contributed by atoms with Crippen LogP contribution in [0.2, 0.25) is 5.02 Å². The lowest BCUT2D eigenvalue weighted by Gasteiger charge is -2.19. The first-order valence-electron chi connectivity index (χ1n) is 9.54. The Morgan fingerprint density at radius 3 is 2.29 bits per heavy atom. The fourth-order valence-electron chi connectivity index (χ4n) is 2.69. The number of hydrogen-bond acceptors (Lipinski definition) is 3. The van der Waals surface area contributed by atoms with Gasteiger partial charge in [0, 0.05) is 36.4 Å². The molecule has 0 saturated carbocycles. The zero-order valence-electron chi connectivity index (χ0n) is 16.9. The third-order valence-corrected chi connectivity index (χ3v) is 4.64. The van der Waals surface area contributed by atoms with Crippen LogP contribution in [0, 0.1) is 0 Å². The Morgan fingerprint density at radius 2 is 1.68 bits per heavy atom. The van der Waals surface area contributed by atoms with Gasteiger partial charge < -0.3 is 15.5 Å². The van der Waals surface area contributed by atoms with Gasteiger partial charge in [-0.25, -0.2) is 0 Å². The molecule has 0 spiro atoms. The molecule has 0 fully saturated rings. The second kappa shape index (κ2) is 10.1. The van der Waals surface area contributed by atoms with E-state index in [2.05, 4.69) is 22.5 Å². The van der Waals surface area contributed by atoms with E-state index in [-0.39, 0.29) is 17.9 Å². The predicted octanol–water partition coefficient (Wildman–Crippen LogP) is 4.97. The SMILES string of the molecule is CCCCN(C)c1ccc(C(=O)Nc2cc(C(=O)NC(C)C)ccc2Cl)cc1. The Hall–Kier alpha value is -2.53. The minimum Gasteiger partial charge on any atom is -0.375 e. The van der Waals surface area contributed by atoms with Crippen LogP contribution in [0.4, 0.5) is 11.4 Å². The predicted molar refractivity (Wildman–Crippen MR) is 117 cm³/mol. The Morgan fingerprint density at radius 1 is 1.04 bits per heavy atom. The molecule has 6 heteroatoms. The number of anilines is 2. The number of hydrogen-bond donors (Lipinski definition) is 2. The van der Waals surface area contributed by atoms with E-state index in [0.717, 1.165) is 25.1 Å². The smallest absolute Gasteiger partial charge is 0.255 e. The van der Waals surface area contributed by atoms with Gasteiger partial charge in [0.2, 0.25) is 0 Å². The molecule has 2 N–H and O–H groups in total. The van der Waals surface area contributed by atoms with E-state index < -0.39 is 0 Å². The summed E-state index contributed by atoms with van der Waals surface area (Å²) in [6.07, 6.45) is 2.26. The standard InChI is InChI=1S/C22H28ClN3O2/c1-5-6-13-26(4)18-10-7-16(8-11-18)21(27)25-20-14-17(9-12-19(20)23)22(28)24-15(2)3/h7-12,14-15H,5-6,13H2,1-4H3,(H,24,28)(H,25,27). The zero-order chi connectivity index (χ0) is 20.7. The van der Waals surface area contributed by atoms with Crippen LogP contribution >= 0.6 is 11.6 Å². The van der Waals surface area contributed by atoms with Crippen molar-refractivity contribution in [2.75, 3.05) is 23.8 Å². The summed E-state index contributed by atoms with van der Waals surface area (Å²) in [5.41, 5.74) is 2.45. The molecule has 2 rings (SSSR count). The van der Waals surface area contributed by atoms with Gasteiger partial charge in [0.1, 0.15) is 0 Å². The van der Waals surface area contributed by atoms with Crippen molar-refractivity contribution in [1.82, 2.24) is 5.32 Å². The van der Waals surface area contributed by atoms with Gasteiger partial charge in [-0.15, -0.1) is 0 Å². The van der Waals surface area contributed by atoms with Gasteiger partial charge in [-0.3, -0.25) is 9.59 Å². The fraction of sp³-hybridized carbons (Fsp3) is 0.364. The van der Waals surface area contributed by atoms with Crippen molar-refractivity contribution in [1.29, 1.82) is 0 Å². The van der Waals surface area contributed by atoms with Crippen LogP contribution in [-0.4, -0.2) is 31.4 Å². The average molecular weight is 402 g/mol. The van der Waals surface area contributed by atoms with E-state index in [1.54, 1.807) is 30.3 Å². The quantitative estimate of drug-likeness (QED) is 0.656. The third-order valence-electron chi connectivity index (χ3n) is 4.31. The first-order chi connectivity index (χ1) is 13.3. The Bertz CT molecular complexity index is 819. The largest absolute Gasteiger partial charge is 0.375 e. The highest BCUT2D eigenvalue weighted by Gasteiger charge is 2.13. The van der Waals surface area contributed by atoms with E-state index >= 15 is 0 Å². The summed E-state index contributed by atoms with van der Waals surface area (Å²) in [5.74, 6) is -0.479. The van der Waals surface area contributed by atoms with Crippen molar-refractivity contribution in [3.05, 3.63) is 58.6 Å². The zero-order valence-corrected chi connectivity index (χ0v) is 17.6. The fourth-order valence-corrected chi connectivity index (χ4v) is 2.86. The minimum atomic E-state index is -0.272. The number of amides is 2. The molecule has 2 amide bonds. The van der Waals surface area contributed by atoms with Crippen LogP contribution in [0.1, 0.15) is 54.3 Å². The molecule has 28 heavy (non-hydrogen) atoms. The molecular weight excluding hydrogens is 374 g/mol. The number of nitrogens with one attached hydrogen (secondary N) is 2. The minimum absolute atomic E-state index is 0.0233. The maximum atomic E-state index is 12.6. The number of halogens is 1. The van der Waals surface area contributed by atoms with Gasteiger partial charge >= 0.3 is 0 Å². The molecule has 5 nitrogen and oxygen atoms in total. The molecular formula is C22H28ClN3O2. The number of benzene rings is 2. The first-order valence-corrected chi connectivity index (χ1v) is 9.92. The molecule has 0 heterocycles. The molecule has 2 aromatic rings. The van der Waals surface area contributed by atoms with Crippen molar-refractivity contribution in [3.63, 3.8) is 0 Å². The monoisotopic (exact) mass is 401 g/mol. The normalized spacial score (nSPS) is 10.6. The molecule has 2 aromatic carbocycles. The Labute approximate surface area is 172 Å². The average Bonchev–Trinajstić information content (AvgIpc) is 2.67. The summed E-state index contributed by atoms with van der Waals surface area (Å²) in [6, 6.07) is 12.3. The first kappa shape index (κ1) is 21.8.